The lowest BCUT2D eigenvalue weighted by Gasteiger charge is -2.61. The number of esters is 1. The van der Waals surface area contributed by atoms with E-state index in [1.54, 1.807) is 12.1 Å². The first-order chi connectivity index (χ1) is 24.4. The summed E-state index contributed by atoms with van der Waals surface area (Å²) in [7, 11) is 0. The zero-order valence-electron chi connectivity index (χ0n) is 31.3. The number of hydrogen-bond donors (Lipinski definition) is 0. The van der Waals surface area contributed by atoms with Crippen LogP contribution in [0.25, 0.3) is 22.1 Å². The van der Waals surface area contributed by atoms with E-state index in [2.05, 4.69) is 40.7 Å². The van der Waals surface area contributed by atoms with Crippen molar-refractivity contribution in [1.82, 2.24) is 0 Å². The quantitative estimate of drug-likeness (QED) is 0.119. The number of hydrogen-bond acceptors (Lipinski definition) is 5. The van der Waals surface area contributed by atoms with Gasteiger partial charge in [-0.25, -0.2) is 9.59 Å². The van der Waals surface area contributed by atoms with Gasteiger partial charge in [0.15, 0.2) is 6.61 Å². The third-order valence-corrected chi connectivity index (χ3v) is 14.2. The average Bonchev–Trinajstić information content (AvgIpc) is 3.10. The van der Waals surface area contributed by atoms with E-state index in [0.29, 0.717) is 21.4 Å². The number of benzene rings is 2. The molecule has 0 amide bonds. The highest BCUT2D eigenvalue weighted by atomic mass is 35.5. The Balaban J connectivity index is 0.959. The van der Waals surface area contributed by atoms with Crippen molar-refractivity contribution >= 4 is 28.5 Å². The highest BCUT2D eigenvalue weighted by Gasteiger charge is 2.56. The van der Waals surface area contributed by atoms with Crippen LogP contribution in [0.1, 0.15) is 112 Å². The Bertz CT molecular complexity index is 1810. The molecule has 4 aliphatic rings. The standard InChI is InChI=1S/C45H57ClO5/c1-28(2)10-9-11-29(3)31-14-17-37-34-16-15-32-22-33(18-21-45(32,5)38(34)19-20-44(37,4)26-31)50-43(48)27-49-41-25-40-36(23-39(41)46)35(24-42(47)51-40)30-12-7-6-8-13-30/h6-8,12-13,15,23-25,28-29,31,33-34,37-38H,9-11,14,16-22,26-27H2,1-5H3/t29-,31+,33+,34+,37-,38+,44+,45-/m0/s1. The second-order valence-corrected chi connectivity index (χ2v) is 18.0. The van der Waals surface area contributed by atoms with Gasteiger partial charge in [0, 0.05) is 23.9 Å². The highest BCUT2D eigenvalue weighted by molar-refractivity contribution is 6.33. The molecule has 0 spiro atoms. The summed E-state index contributed by atoms with van der Waals surface area (Å²) in [6, 6.07) is 14.4. The normalized spacial score (nSPS) is 30.9. The third kappa shape index (κ3) is 7.44. The molecule has 8 atom stereocenters. The Labute approximate surface area is 309 Å². The molecule has 0 saturated heterocycles. The Morgan fingerprint density at radius 1 is 0.980 bits per heavy atom. The maximum atomic E-state index is 13.1. The molecule has 3 saturated carbocycles. The summed E-state index contributed by atoms with van der Waals surface area (Å²) in [6.07, 6.45) is 17.4. The number of carbonyl (C=O) groups excluding carboxylic acids is 1. The Morgan fingerprint density at radius 2 is 1.78 bits per heavy atom. The first-order valence-corrected chi connectivity index (χ1v) is 20.2. The molecule has 1 heterocycles. The van der Waals surface area contributed by atoms with E-state index in [4.69, 9.17) is 25.5 Å². The second-order valence-electron chi connectivity index (χ2n) is 17.6. The minimum absolute atomic E-state index is 0.142. The van der Waals surface area contributed by atoms with Crippen molar-refractivity contribution in [3.63, 3.8) is 0 Å². The summed E-state index contributed by atoms with van der Waals surface area (Å²) < 4.78 is 17.4. The van der Waals surface area contributed by atoms with Crippen molar-refractivity contribution in [3.8, 4) is 16.9 Å². The van der Waals surface area contributed by atoms with Gasteiger partial charge in [-0.3, -0.25) is 0 Å². The van der Waals surface area contributed by atoms with Gasteiger partial charge in [0.2, 0.25) is 0 Å². The molecule has 0 aliphatic heterocycles. The molecule has 1 aromatic heterocycles. The summed E-state index contributed by atoms with van der Waals surface area (Å²) in [5.41, 5.74) is 3.69. The first-order valence-electron chi connectivity index (χ1n) is 19.8. The highest BCUT2D eigenvalue weighted by Crippen LogP contribution is 2.65. The van der Waals surface area contributed by atoms with E-state index >= 15 is 0 Å². The van der Waals surface area contributed by atoms with Gasteiger partial charge in [-0.05, 0) is 115 Å². The van der Waals surface area contributed by atoms with Crippen LogP contribution in [0.15, 0.2) is 69.4 Å². The van der Waals surface area contributed by atoms with Gasteiger partial charge < -0.3 is 13.9 Å². The second kappa shape index (κ2) is 14.8. The van der Waals surface area contributed by atoms with Crippen LogP contribution in [-0.4, -0.2) is 18.7 Å². The molecule has 274 valence electrons. The fourth-order valence-corrected chi connectivity index (χ4v) is 11.3. The van der Waals surface area contributed by atoms with Crippen LogP contribution in [0.3, 0.4) is 0 Å². The van der Waals surface area contributed by atoms with E-state index in [9.17, 15) is 9.59 Å². The van der Waals surface area contributed by atoms with Crippen molar-refractivity contribution in [3.05, 3.63) is 75.6 Å². The number of ether oxygens (including phenoxy) is 2. The molecule has 4 aliphatic carbocycles. The average molecular weight is 713 g/mol. The lowest BCUT2D eigenvalue weighted by molar-refractivity contribution is -0.154. The van der Waals surface area contributed by atoms with Gasteiger partial charge in [-0.1, -0.05) is 107 Å². The van der Waals surface area contributed by atoms with Crippen LogP contribution in [0, 0.1) is 46.3 Å². The van der Waals surface area contributed by atoms with Crippen molar-refractivity contribution in [1.29, 1.82) is 0 Å². The summed E-state index contributed by atoms with van der Waals surface area (Å²) in [4.78, 5) is 25.5. The van der Waals surface area contributed by atoms with Crippen LogP contribution in [0.2, 0.25) is 5.02 Å². The monoisotopic (exact) mass is 712 g/mol. The van der Waals surface area contributed by atoms with Gasteiger partial charge in [0.25, 0.3) is 0 Å². The fourth-order valence-electron chi connectivity index (χ4n) is 11.1. The van der Waals surface area contributed by atoms with Crippen LogP contribution >= 0.6 is 11.6 Å². The number of allylic oxidation sites excluding steroid dienone is 1. The van der Waals surface area contributed by atoms with Gasteiger partial charge in [-0.2, -0.15) is 0 Å². The Morgan fingerprint density at radius 3 is 2.57 bits per heavy atom. The zero-order valence-corrected chi connectivity index (χ0v) is 32.1. The van der Waals surface area contributed by atoms with Crippen LogP contribution in [0.4, 0.5) is 0 Å². The van der Waals surface area contributed by atoms with Gasteiger partial charge in [0.1, 0.15) is 17.4 Å². The Hall–Kier alpha value is -3.05. The Kier molecular flexibility index (Phi) is 10.5. The maximum absolute atomic E-state index is 13.1. The molecule has 3 aromatic rings. The van der Waals surface area contributed by atoms with Crippen molar-refractivity contribution in [2.24, 2.45) is 46.3 Å². The molecule has 0 bridgehead atoms. The molecule has 51 heavy (non-hydrogen) atoms. The molecular weight excluding hydrogens is 656 g/mol. The number of fused-ring (bicyclic) bond motifs is 6. The fraction of sp³-hybridized carbons (Fsp3) is 0.600. The smallest absolute Gasteiger partial charge is 0.344 e. The predicted octanol–water partition coefficient (Wildman–Crippen LogP) is 11.8. The topological polar surface area (TPSA) is 65.7 Å². The van der Waals surface area contributed by atoms with E-state index in [1.165, 1.54) is 69.4 Å². The first kappa shape index (κ1) is 36.3. The molecule has 6 heteroatoms. The van der Waals surface area contributed by atoms with Gasteiger partial charge >= 0.3 is 11.6 Å². The maximum Gasteiger partial charge on any atom is 0.344 e. The lowest BCUT2D eigenvalue weighted by atomic mass is 9.44. The summed E-state index contributed by atoms with van der Waals surface area (Å²) >= 11 is 6.62. The van der Waals surface area contributed by atoms with E-state index < -0.39 is 11.6 Å². The molecule has 0 N–H and O–H groups in total. The van der Waals surface area contributed by atoms with Crippen LogP contribution in [0.5, 0.6) is 5.75 Å². The molecule has 5 nitrogen and oxygen atoms in total. The molecule has 2 aromatic carbocycles. The molecule has 0 unspecified atom stereocenters. The van der Waals surface area contributed by atoms with Crippen molar-refractivity contribution < 1.29 is 18.7 Å². The molecule has 3 fully saturated rings. The largest absolute Gasteiger partial charge is 0.480 e. The lowest BCUT2D eigenvalue weighted by Crippen LogP contribution is -2.52. The van der Waals surface area contributed by atoms with Crippen molar-refractivity contribution in [2.45, 2.75) is 118 Å². The van der Waals surface area contributed by atoms with Crippen molar-refractivity contribution in [2.75, 3.05) is 6.61 Å². The van der Waals surface area contributed by atoms with Gasteiger partial charge in [0.05, 0.1) is 5.02 Å². The van der Waals surface area contributed by atoms with Crippen LogP contribution in [-0.2, 0) is 9.53 Å². The van der Waals surface area contributed by atoms with E-state index in [-0.39, 0.29) is 23.9 Å². The van der Waals surface area contributed by atoms with E-state index in [1.807, 2.05) is 30.3 Å². The zero-order chi connectivity index (χ0) is 35.9. The van der Waals surface area contributed by atoms with E-state index in [0.717, 1.165) is 65.9 Å². The third-order valence-electron chi connectivity index (χ3n) is 13.9. The molecular formula is C45H57ClO5. The summed E-state index contributed by atoms with van der Waals surface area (Å²) in [5.74, 6) is 4.76. The minimum Gasteiger partial charge on any atom is -0.480 e. The summed E-state index contributed by atoms with van der Waals surface area (Å²) in [6.45, 7) is 12.1. The van der Waals surface area contributed by atoms with Gasteiger partial charge in [-0.15, -0.1) is 0 Å². The number of rotatable bonds is 10. The number of carbonyl (C=O) groups is 1. The minimum atomic E-state index is -0.464. The number of halogens is 1. The predicted molar refractivity (Wildman–Crippen MR) is 206 cm³/mol. The molecule has 7 rings (SSSR count). The van der Waals surface area contributed by atoms with Crippen LogP contribution < -0.4 is 10.4 Å². The molecule has 0 radical (unpaired) electrons. The SMILES string of the molecule is CC(C)CCC[C@H](C)[C@@H]1CC[C@H]2[C@H]3CC=C4C[C@H](OC(=O)COc5cc6oc(=O)cc(-c7ccccc7)c6cc5Cl)CC[C@]4(C)[C@@H]3CC[C@]2(C)C1. The summed E-state index contributed by atoms with van der Waals surface area (Å²) in [5, 5.41) is 1.04.